The highest BCUT2D eigenvalue weighted by Gasteiger charge is 2.48. The van der Waals surface area contributed by atoms with Crippen LogP contribution in [-0.4, -0.2) is 38.8 Å². The molecule has 12 heteroatoms. The molecule has 1 fully saturated rings. The number of hydrogen-bond donors (Lipinski definition) is 2. The lowest BCUT2D eigenvalue weighted by Gasteiger charge is -2.21. The van der Waals surface area contributed by atoms with Gasteiger partial charge in [-0.15, -0.1) is 0 Å². The predicted molar refractivity (Wildman–Crippen MR) is 158 cm³/mol. The van der Waals surface area contributed by atoms with Gasteiger partial charge in [-0.05, 0) is 54.3 Å². The molecule has 0 amide bonds. The highest BCUT2D eigenvalue weighted by Crippen LogP contribution is 2.48. The van der Waals surface area contributed by atoms with E-state index in [-0.39, 0.29) is 45.9 Å². The number of hydrogen-bond acceptors (Lipinski definition) is 8. The summed E-state index contributed by atoms with van der Waals surface area (Å²) in [5.41, 5.74) is 0.147. The first-order valence-corrected chi connectivity index (χ1v) is 16.5. The van der Waals surface area contributed by atoms with Gasteiger partial charge in [0, 0.05) is 24.6 Å². The van der Waals surface area contributed by atoms with Crippen molar-refractivity contribution < 1.29 is 26.4 Å². The quantitative estimate of drug-likeness (QED) is 0.256. The van der Waals surface area contributed by atoms with Crippen molar-refractivity contribution in [1.82, 2.24) is 9.03 Å². The largest absolute Gasteiger partial charge is 0.507 e. The zero-order valence-corrected chi connectivity index (χ0v) is 24.8. The van der Waals surface area contributed by atoms with Crippen LogP contribution in [-0.2, 0) is 26.6 Å². The number of nitrogens with zero attached hydrogens (tertiary/aromatic N) is 2. The lowest BCUT2D eigenvalue weighted by Crippen LogP contribution is -2.31. The summed E-state index contributed by atoms with van der Waals surface area (Å²) in [5, 5.41) is 20.1. The fraction of sp³-hybridized carbons (Fsp3) is 0.226. The van der Waals surface area contributed by atoms with Crippen molar-refractivity contribution in [3.8, 4) is 11.8 Å². The molecule has 1 heterocycles. The normalized spacial score (nSPS) is 17.3. The minimum atomic E-state index is -3.92. The van der Waals surface area contributed by atoms with Crippen molar-refractivity contribution in [2.75, 3.05) is 6.54 Å². The Kier molecular flexibility index (Phi) is 8.52. The Morgan fingerprint density at radius 2 is 1.60 bits per heavy atom. The SMILES string of the molecule is CCN(Cc1cc(O)c(C(c2ccccc2)C2CC2NS(=O)(=O)c2ccc(C#N)cc2)c(=O)o1)S(=O)(=O)c1ccccc1. The maximum absolute atomic E-state index is 13.4. The second-order valence-corrected chi connectivity index (χ2v) is 13.8. The fourth-order valence-electron chi connectivity index (χ4n) is 5.17. The number of sulfonamides is 2. The highest BCUT2D eigenvalue weighted by atomic mass is 32.2. The van der Waals surface area contributed by atoms with Gasteiger partial charge < -0.3 is 9.52 Å². The molecule has 4 aromatic rings. The Morgan fingerprint density at radius 1 is 0.977 bits per heavy atom. The number of benzene rings is 3. The second-order valence-electron chi connectivity index (χ2n) is 10.2. The van der Waals surface area contributed by atoms with Crippen LogP contribution in [0.5, 0.6) is 5.75 Å². The molecule has 1 saturated carbocycles. The maximum Gasteiger partial charge on any atom is 0.343 e. The molecule has 10 nitrogen and oxygen atoms in total. The summed E-state index contributed by atoms with van der Waals surface area (Å²) in [6.45, 7) is 1.48. The molecule has 3 aromatic carbocycles. The van der Waals surface area contributed by atoms with Gasteiger partial charge in [0.25, 0.3) is 0 Å². The van der Waals surface area contributed by atoms with Gasteiger partial charge in [-0.25, -0.2) is 26.4 Å². The van der Waals surface area contributed by atoms with Crippen molar-refractivity contribution in [2.45, 2.75) is 41.6 Å². The van der Waals surface area contributed by atoms with E-state index in [9.17, 15) is 26.7 Å². The van der Waals surface area contributed by atoms with Crippen LogP contribution in [0.3, 0.4) is 0 Å². The molecule has 0 bridgehead atoms. The summed E-state index contributed by atoms with van der Waals surface area (Å²) in [7, 11) is -7.81. The molecular formula is C31H29N3O7S2. The van der Waals surface area contributed by atoms with E-state index in [1.165, 1.54) is 42.5 Å². The molecular weight excluding hydrogens is 590 g/mol. The van der Waals surface area contributed by atoms with Crippen LogP contribution in [0.2, 0.25) is 0 Å². The van der Waals surface area contributed by atoms with E-state index in [4.69, 9.17) is 9.68 Å². The van der Waals surface area contributed by atoms with Crippen LogP contribution in [0, 0.1) is 17.2 Å². The summed E-state index contributed by atoms with van der Waals surface area (Å²) in [4.78, 5) is 13.5. The molecule has 3 atom stereocenters. The van der Waals surface area contributed by atoms with Gasteiger partial charge in [0.1, 0.15) is 11.5 Å². The molecule has 0 spiro atoms. The molecule has 222 valence electrons. The van der Waals surface area contributed by atoms with Crippen molar-refractivity contribution in [2.24, 2.45) is 5.92 Å². The maximum atomic E-state index is 13.4. The van der Waals surface area contributed by atoms with Crippen molar-refractivity contribution in [3.05, 3.63) is 124 Å². The smallest absolute Gasteiger partial charge is 0.343 e. The molecule has 0 radical (unpaired) electrons. The Bertz CT molecular complexity index is 1920. The van der Waals surface area contributed by atoms with E-state index in [2.05, 4.69) is 4.72 Å². The van der Waals surface area contributed by atoms with Gasteiger partial charge in [0.15, 0.2) is 0 Å². The Labute approximate surface area is 250 Å². The predicted octanol–water partition coefficient (Wildman–Crippen LogP) is 3.93. The fourth-order valence-corrected chi connectivity index (χ4v) is 7.90. The van der Waals surface area contributed by atoms with Crippen LogP contribution in [0.1, 0.15) is 41.7 Å². The third-order valence-corrected chi connectivity index (χ3v) is 10.9. The standard InChI is InChI=1S/C31H29N3O7S2/c1-2-34(43(39,40)25-11-7-4-8-12-25)20-23-17-28(35)30(31(36)41-23)29(22-9-5-3-6-10-22)26-18-27(26)33-42(37,38)24-15-13-21(19-32)14-16-24/h3-17,26-27,29,33,35H,2,18,20H2,1H3. The zero-order chi connectivity index (χ0) is 30.8. The van der Waals surface area contributed by atoms with E-state index < -0.39 is 37.6 Å². The lowest BCUT2D eigenvalue weighted by atomic mass is 9.87. The average molecular weight is 620 g/mol. The minimum Gasteiger partial charge on any atom is -0.507 e. The highest BCUT2D eigenvalue weighted by molar-refractivity contribution is 7.89. The molecule has 0 saturated heterocycles. The van der Waals surface area contributed by atoms with Crippen LogP contribution in [0.15, 0.2) is 110 Å². The number of rotatable bonds is 11. The van der Waals surface area contributed by atoms with Gasteiger partial charge in [0.2, 0.25) is 20.0 Å². The van der Waals surface area contributed by atoms with Crippen molar-refractivity contribution in [3.63, 3.8) is 0 Å². The molecule has 43 heavy (non-hydrogen) atoms. The topological polar surface area (TPSA) is 158 Å². The van der Waals surface area contributed by atoms with Gasteiger partial charge >= 0.3 is 5.63 Å². The van der Waals surface area contributed by atoms with Crippen molar-refractivity contribution in [1.29, 1.82) is 5.26 Å². The summed E-state index contributed by atoms with van der Waals surface area (Å²) >= 11 is 0. The molecule has 1 aliphatic rings. The van der Waals surface area contributed by atoms with Gasteiger partial charge in [0.05, 0.1) is 33.5 Å². The monoisotopic (exact) mass is 619 g/mol. The molecule has 0 aliphatic heterocycles. The molecule has 3 unspecified atom stereocenters. The molecule has 2 N–H and O–H groups in total. The number of aromatic hydroxyl groups is 1. The summed E-state index contributed by atoms with van der Waals surface area (Å²) < 4.78 is 61.8. The third-order valence-electron chi connectivity index (χ3n) is 7.42. The van der Waals surface area contributed by atoms with E-state index >= 15 is 0 Å². The number of nitrogens with one attached hydrogen (secondary N) is 1. The molecule has 1 aromatic heterocycles. The van der Waals surface area contributed by atoms with Crippen LogP contribution in [0.25, 0.3) is 0 Å². The molecule has 1 aliphatic carbocycles. The van der Waals surface area contributed by atoms with Gasteiger partial charge in [-0.1, -0.05) is 55.5 Å². The van der Waals surface area contributed by atoms with E-state index in [1.54, 1.807) is 55.5 Å². The minimum absolute atomic E-state index is 0.00561. The zero-order valence-electron chi connectivity index (χ0n) is 23.1. The summed E-state index contributed by atoms with van der Waals surface area (Å²) in [6, 6.07) is 25.0. The first-order chi connectivity index (χ1) is 20.5. The van der Waals surface area contributed by atoms with Gasteiger partial charge in [-0.3, -0.25) is 0 Å². The van der Waals surface area contributed by atoms with Gasteiger partial charge in [-0.2, -0.15) is 9.57 Å². The summed E-state index contributed by atoms with van der Waals surface area (Å²) in [5.74, 6) is -1.47. The Morgan fingerprint density at radius 3 is 2.19 bits per heavy atom. The van der Waals surface area contributed by atoms with E-state index in [0.717, 1.165) is 4.31 Å². The number of nitriles is 1. The third kappa shape index (κ3) is 6.40. The van der Waals surface area contributed by atoms with E-state index in [1.807, 2.05) is 6.07 Å². The van der Waals surface area contributed by atoms with Crippen LogP contribution in [0.4, 0.5) is 0 Å². The van der Waals surface area contributed by atoms with Crippen molar-refractivity contribution >= 4 is 20.0 Å². The summed E-state index contributed by atoms with van der Waals surface area (Å²) in [6.07, 6.45) is 0.397. The molecule has 5 rings (SSSR count). The first kappa shape index (κ1) is 30.2. The average Bonchev–Trinajstić information content (AvgIpc) is 3.75. The van der Waals surface area contributed by atoms with E-state index in [0.29, 0.717) is 17.5 Å². The lowest BCUT2D eigenvalue weighted by molar-refractivity contribution is 0.345. The Hall–Kier alpha value is -4.28. The van der Waals surface area contributed by atoms with Crippen LogP contribution < -0.4 is 10.3 Å². The van der Waals surface area contributed by atoms with Crippen LogP contribution >= 0.6 is 0 Å². The first-order valence-electron chi connectivity index (χ1n) is 13.5. The Balaban J connectivity index is 1.43. The second kappa shape index (κ2) is 12.1.